The Morgan fingerprint density at radius 1 is 0.390 bits per heavy atom. The zero-order valence-electron chi connectivity index (χ0n) is 80.6. The molecule has 12 aromatic heterocycles. The van der Waals surface area contributed by atoms with Gasteiger partial charge in [0.05, 0.1) is 39.8 Å². The van der Waals surface area contributed by atoms with Crippen LogP contribution in [-0.4, -0.2) is 172 Å². The standard InChI is InChI=1S/2C27H26N8O2.C26H22FN7O3.C24H17F2N7O2/c1-16-7-19(8-17(2)25(16)37-23-11-22-34-31-15-35(22)14-30-23)32-26-20-9-18(5-6-21(20)28-13-29-26)10-24-33-27(3,4)12-36-24;1-16-17(2)22(37-24-11-23-34-31-15-35(23)14-30-24)8-7-20(16)32-26-19-9-18(5-6-21(19)28-13-29-26)10-25-33-27(3,4)12-36-25;1-4-36-23-10-20-19(8-17(23)9-21(35)16(3)27)26(29-12-28-20)32-18-5-6-22(15(2)7-18)37-25-11-24-33-31-14-34(24)13-30-25;1-13-5-16(3-4-21(13)35-23-9-22-32-30-12-33(22)11-29-23)31-24-17-6-15(7-20(34)14(2)25)18(26)8-19(17)27-10-28-24/h2*5-9,11,13-15H,10,12H2,1-4H3,(H,28,29,32);5-8,10-14H,3-4,9H2,1-2H3,(H,28,29,32);3-6,8-12H,2,7H2,1H3,(H,27,28,31). The van der Waals surface area contributed by atoms with Crippen LogP contribution < -0.4 is 45.0 Å². The van der Waals surface area contributed by atoms with Gasteiger partial charge in [0.15, 0.2) is 57.6 Å². The number of aryl methyl sites for hydroxylation is 4. The van der Waals surface area contributed by atoms with Crippen molar-refractivity contribution < 1.29 is 55.9 Å². The number of fused-ring (bicyclic) bond motifs is 8. The minimum absolute atomic E-state index is 0.0243. The summed E-state index contributed by atoms with van der Waals surface area (Å²) >= 11 is 0. The van der Waals surface area contributed by atoms with Crippen molar-refractivity contribution in [2.75, 3.05) is 41.1 Å². The van der Waals surface area contributed by atoms with E-state index in [2.05, 4.69) is 197 Å². The maximum atomic E-state index is 14.4. The molecule has 0 spiro atoms. The molecule has 0 saturated heterocycles. The minimum Gasteiger partial charge on any atom is -0.494 e. The van der Waals surface area contributed by atoms with E-state index in [0.717, 1.165) is 118 Å². The summed E-state index contributed by atoms with van der Waals surface area (Å²) in [5.41, 5.74) is 16.5. The largest absolute Gasteiger partial charge is 0.494 e. The second kappa shape index (κ2) is 41.1. The molecule has 14 heterocycles. The maximum absolute atomic E-state index is 14.4. The van der Waals surface area contributed by atoms with Gasteiger partial charge in [-0.05, 0) is 223 Å². The molecule has 20 aromatic rings. The first-order chi connectivity index (χ1) is 70.4. The van der Waals surface area contributed by atoms with Crippen LogP contribution in [0.1, 0.15) is 90.3 Å². The van der Waals surface area contributed by atoms with E-state index < -0.39 is 35.5 Å². The summed E-state index contributed by atoms with van der Waals surface area (Å²) < 4.78 is 89.0. The van der Waals surface area contributed by atoms with E-state index in [1.807, 2.05) is 109 Å². The molecule has 0 radical (unpaired) electrons. The van der Waals surface area contributed by atoms with Crippen LogP contribution in [0.4, 0.5) is 59.2 Å². The van der Waals surface area contributed by atoms with Gasteiger partial charge in [-0.15, -0.1) is 40.8 Å². The van der Waals surface area contributed by atoms with E-state index in [-0.39, 0.29) is 23.1 Å². The summed E-state index contributed by atoms with van der Waals surface area (Å²) in [5.74, 6) is 4.34. The molecule has 146 heavy (non-hydrogen) atoms. The van der Waals surface area contributed by atoms with E-state index in [9.17, 15) is 22.8 Å². The van der Waals surface area contributed by atoms with Gasteiger partial charge in [-0.1, -0.05) is 25.3 Å². The van der Waals surface area contributed by atoms with Gasteiger partial charge in [0.2, 0.25) is 23.5 Å². The molecule has 0 aliphatic carbocycles. The number of hydrogen-bond acceptors (Lipinski definition) is 35. The van der Waals surface area contributed by atoms with Gasteiger partial charge in [-0.3, -0.25) is 27.2 Å². The monoisotopic (exact) mass is 1960 g/mol. The van der Waals surface area contributed by atoms with Crippen LogP contribution in [-0.2, 0) is 44.7 Å². The zero-order valence-corrected chi connectivity index (χ0v) is 80.6. The van der Waals surface area contributed by atoms with Crippen LogP contribution >= 0.6 is 0 Å². The van der Waals surface area contributed by atoms with Crippen LogP contribution in [0.15, 0.2) is 256 Å². The number of nitrogens with zero attached hydrogens (tertiary/aromatic N) is 26. The highest BCUT2D eigenvalue weighted by Gasteiger charge is 2.29. The number of aromatic nitrogens is 24. The summed E-state index contributed by atoms with van der Waals surface area (Å²) in [7, 11) is 0. The molecule has 0 atom stereocenters. The molecule has 0 amide bonds. The molecule has 0 unspecified atom stereocenters. The highest BCUT2D eigenvalue weighted by atomic mass is 19.1. The van der Waals surface area contributed by atoms with Crippen molar-refractivity contribution in [3.8, 4) is 52.3 Å². The quantitative estimate of drug-likeness (QED) is 0.0331. The Kier molecular flexibility index (Phi) is 27.0. The Morgan fingerprint density at radius 3 is 1.20 bits per heavy atom. The van der Waals surface area contributed by atoms with Gasteiger partial charge in [-0.25, -0.2) is 83.0 Å². The summed E-state index contributed by atoms with van der Waals surface area (Å²) in [6, 6.07) is 44.2. The van der Waals surface area contributed by atoms with E-state index in [0.29, 0.717) is 141 Å². The first-order valence-corrected chi connectivity index (χ1v) is 45.8. The molecule has 2 aliphatic heterocycles. The Hall–Kier alpha value is -18.9. The van der Waals surface area contributed by atoms with Crippen molar-refractivity contribution in [1.82, 2.24) is 118 Å². The smallest absolute Gasteiger partial charge is 0.224 e. The van der Waals surface area contributed by atoms with Gasteiger partial charge in [0.1, 0.15) is 147 Å². The molecule has 42 heteroatoms. The Labute approximate surface area is 829 Å². The molecule has 4 N–H and O–H groups in total. The van der Waals surface area contributed by atoms with Crippen LogP contribution in [0.2, 0.25) is 0 Å². The van der Waals surface area contributed by atoms with Crippen LogP contribution in [0.3, 0.4) is 0 Å². The van der Waals surface area contributed by atoms with Crippen molar-refractivity contribution in [2.24, 2.45) is 9.98 Å². The average molecular weight is 1960 g/mol. The zero-order chi connectivity index (χ0) is 102. The highest BCUT2D eigenvalue weighted by Crippen LogP contribution is 2.40. The summed E-state index contributed by atoms with van der Waals surface area (Å²) in [4.78, 5) is 85.3. The first kappa shape index (κ1) is 96.0. The number of rotatable bonds is 28. The van der Waals surface area contributed by atoms with Crippen molar-refractivity contribution in [3.63, 3.8) is 0 Å². The summed E-state index contributed by atoms with van der Waals surface area (Å²) in [5, 5.41) is 47.9. The molecule has 0 saturated carbocycles. The number of nitrogens with one attached hydrogen (secondary N) is 4. The number of anilines is 8. The molecular formula is C104H91F3N30O9. The number of allylic oxidation sites excluding steroid dienone is 2. The van der Waals surface area contributed by atoms with E-state index in [1.54, 1.807) is 129 Å². The predicted molar refractivity (Wildman–Crippen MR) is 540 cm³/mol. The fraction of sp³-hybridized carbons (Fsp3) is 0.192. The number of ketones is 2. The summed E-state index contributed by atoms with van der Waals surface area (Å²) in [6.07, 6.45) is 19.2. The van der Waals surface area contributed by atoms with Crippen molar-refractivity contribution in [3.05, 3.63) is 308 Å². The van der Waals surface area contributed by atoms with Gasteiger partial charge in [0, 0.05) is 112 Å². The molecule has 0 fully saturated rings. The fourth-order valence-electron chi connectivity index (χ4n) is 16.0. The molecule has 39 nitrogen and oxygen atoms in total. The molecule has 22 rings (SSSR count). The number of carbonyl (C=O) groups excluding carboxylic acids is 2. The van der Waals surface area contributed by atoms with Gasteiger partial charge in [-0.2, -0.15) is 0 Å². The maximum Gasteiger partial charge on any atom is 0.224 e. The molecule has 8 aromatic carbocycles. The molecule has 2 aliphatic rings. The topological polar surface area (TPSA) is 447 Å². The van der Waals surface area contributed by atoms with E-state index >= 15 is 0 Å². The number of ether oxygens (including phenoxy) is 7. The van der Waals surface area contributed by atoms with Crippen molar-refractivity contribution in [1.29, 1.82) is 0 Å². The summed E-state index contributed by atoms with van der Waals surface area (Å²) in [6.45, 7) is 29.6. The molecule has 0 bridgehead atoms. The lowest BCUT2D eigenvalue weighted by Crippen LogP contribution is -2.17. The van der Waals surface area contributed by atoms with Crippen LogP contribution in [0.25, 0.3) is 66.2 Å². The Balaban J connectivity index is 0.000000123. The van der Waals surface area contributed by atoms with Gasteiger partial charge >= 0.3 is 0 Å². The lowest BCUT2D eigenvalue weighted by atomic mass is 10.0. The fourth-order valence-corrected chi connectivity index (χ4v) is 16.0. The van der Waals surface area contributed by atoms with Gasteiger partial charge in [0.25, 0.3) is 0 Å². The molecule has 732 valence electrons. The highest BCUT2D eigenvalue weighted by molar-refractivity contribution is 6.00. The number of carbonyl (C=O) groups is 2. The number of halogens is 3. The Bertz CT molecular complexity index is 8560. The lowest BCUT2D eigenvalue weighted by molar-refractivity contribution is -0.117. The average Bonchev–Trinajstić information content (AvgIpc) is 1.01. The van der Waals surface area contributed by atoms with Gasteiger partial charge < -0.3 is 54.4 Å². The molecular weight excluding hydrogens is 1870 g/mol. The second-order valence-corrected chi connectivity index (χ2v) is 35.5. The SMILES string of the molecule is C=C(F)C(=O)Cc1cc2c(Nc3ccc(Oc4cc5nncn5cn4)c(C)c3)ncnc2cc1F.C=C(F)C(=O)Cc1cc2c(Nc3ccc(Oc4cc5nncn5cn4)c(C)c3)ncnc2cc1OCC.Cc1c(Nc2ncnc3ccc(CC4=NC(C)(C)CO4)cc23)ccc(Oc2cc3nncn3cn2)c1C.Cc1cc(Nc2ncnc3ccc(CC4=NC(C)(C)CO4)cc23)cc(C)c1Oc1cc2nncn2cn1. The van der Waals surface area contributed by atoms with Crippen LogP contribution in [0, 0.1) is 47.4 Å². The third-order valence-corrected chi connectivity index (χ3v) is 23.5. The van der Waals surface area contributed by atoms with E-state index in [4.69, 9.17) is 33.2 Å². The third-order valence-electron chi connectivity index (χ3n) is 23.5. The number of Topliss-reactive ketones (excluding diaryl/α,β-unsaturated/α-hetero) is 2. The van der Waals surface area contributed by atoms with Crippen LogP contribution in [0.5, 0.6) is 52.3 Å². The van der Waals surface area contributed by atoms with Crippen molar-refractivity contribution >= 4 is 136 Å². The third kappa shape index (κ3) is 22.1. The Morgan fingerprint density at radius 2 is 0.774 bits per heavy atom. The van der Waals surface area contributed by atoms with E-state index in [1.165, 1.54) is 24.8 Å². The second-order valence-electron chi connectivity index (χ2n) is 35.5. The first-order valence-electron chi connectivity index (χ1n) is 45.8. The number of benzene rings is 8. The normalized spacial score (nSPS) is 12.8. The lowest BCUT2D eigenvalue weighted by Gasteiger charge is -2.16. The van der Waals surface area contributed by atoms with Crippen molar-refractivity contribution in [2.45, 2.75) is 113 Å². The number of aliphatic imine (C=N–C) groups is 2. The number of hydrogen-bond donors (Lipinski definition) is 4. The minimum atomic E-state index is -1.12. The predicted octanol–water partition coefficient (Wildman–Crippen LogP) is 19.5.